The largest absolute Gasteiger partial charge is 0.497 e. The molecule has 0 fully saturated rings. The van der Waals surface area contributed by atoms with E-state index in [-0.39, 0.29) is 12.5 Å². The molecule has 0 saturated carbocycles. The predicted molar refractivity (Wildman–Crippen MR) is 90.4 cm³/mol. The molecule has 0 bridgehead atoms. The molecule has 1 amide bonds. The van der Waals surface area contributed by atoms with Gasteiger partial charge in [0.05, 0.1) is 13.3 Å². The van der Waals surface area contributed by atoms with E-state index < -0.39 is 0 Å². The third-order valence-corrected chi connectivity index (χ3v) is 3.44. The fourth-order valence-corrected chi connectivity index (χ4v) is 1.87. The molecular formula is C17H17ClN2O3. The lowest BCUT2D eigenvalue weighted by Crippen LogP contribution is -2.24. The normalized spacial score (nSPS) is 10.6. The van der Waals surface area contributed by atoms with Gasteiger partial charge in [-0.25, -0.2) is 5.43 Å². The van der Waals surface area contributed by atoms with E-state index in [1.54, 1.807) is 31.5 Å². The quantitative estimate of drug-likeness (QED) is 0.653. The summed E-state index contributed by atoms with van der Waals surface area (Å²) >= 11 is 5.93. The van der Waals surface area contributed by atoms with Crippen molar-refractivity contribution >= 4 is 23.7 Å². The third kappa shape index (κ3) is 5.30. The summed E-state index contributed by atoms with van der Waals surface area (Å²) in [5.41, 5.74) is 4.14. The average Bonchev–Trinajstić information content (AvgIpc) is 2.56. The van der Waals surface area contributed by atoms with Crippen LogP contribution in [0.2, 0.25) is 5.02 Å². The summed E-state index contributed by atoms with van der Waals surface area (Å²) in [6.45, 7) is 1.75. The zero-order chi connectivity index (χ0) is 16.7. The monoisotopic (exact) mass is 332 g/mol. The molecule has 0 aliphatic carbocycles. The van der Waals surface area contributed by atoms with E-state index in [1.165, 1.54) is 0 Å². The number of carbonyl (C=O) groups is 1. The number of hydrogen-bond acceptors (Lipinski definition) is 4. The van der Waals surface area contributed by atoms with Gasteiger partial charge in [0.15, 0.2) is 6.61 Å². The van der Waals surface area contributed by atoms with Crippen molar-refractivity contribution in [2.24, 2.45) is 5.10 Å². The maximum atomic E-state index is 11.7. The number of carbonyl (C=O) groups excluding carboxylic acids is 1. The molecule has 2 rings (SSSR count). The van der Waals surface area contributed by atoms with Crippen molar-refractivity contribution in [3.8, 4) is 11.5 Å². The zero-order valence-electron chi connectivity index (χ0n) is 12.9. The second kappa shape index (κ2) is 8.19. The molecule has 0 saturated heterocycles. The molecule has 0 radical (unpaired) electrons. The van der Waals surface area contributed by atoms with Gasteiger partial charge in [0.25, 0.3) is 5.91 Å². The highest BCUT2D eigenvalue weighted by Crippen LogP contribution is 2.20. The molecule has 5 nitrogen and oxygen atoms in total. The van der Waals surface area contributed by atoms with Crippen molar-refractivity contribution in [1.29, 1.82) is 0 Å². The van der Waals surface area contributed by atoms with Crippen LogP contribution in [0.4, 0.5) is 0 Å². The fraction of sp³-hybridized carbons (Fsp3) is 0.176. The Morgan fingerprint density at radius 3 is 2.57 bits per heavy atom. The summed E-state index contributed by atoms with van der Waals surface area (Å²) in [4.78, 5) is 11.7. The van der Waals surface area contributed by atoms with Crippen LogP contribution in [-0.4, -0.2) is 25.8 Å². The van der Waals surface area contributed by atoms with E-state index in [0.717, 1.165) is 16.9 Å². The SMILES string of the molecule is COc1ccc(C=NNC(=O)COc2ccc(Cl)c(C)c2)cc1. The summed E-state index contributed by atoms with van der Waals surface area (Å²) in [5.74, 6) is 1.00. The number of aryl methyl sites for hydroxylation is 1. The van der Waals surface area contributed by atoms with E-state index in [4.69, 9.17) is 21.1 Å². The summed E-state index contributed by atoms with van der Waals surface area (Å²) in [5, 5.41) is 4.53. The van der Waals surface area contributed by atoms with Gasteiger partial charge in [-0.05, 0) is 60.5 Å². The molecular weight excluding hydrogens is 316 g/mol. The molecule has 1 N–H and O–H groups in total. The molecule has 0 aliphatic rings. The Balaban J connectivity index is 1.79. The van der Waals surface area contributed by atoms with Gasteiger partial charge < -0.3 is 9.47 Å². The smallest absolute Gasteiger partial charge is 0.277 e. The van der Waals surface area contributed by atoms with Gasteiger partial charge in [0.1, 0.15) is 11.5 Å². The molecule has 0 atom stereocenters. The lowest BCUT2D eigenvalue weighted by atomic mass is 10.2. The predicted octanol–water partition coefficient (Wildman–Crippen LogP) is 3.19. The van der Waals surface area contributed by atoms with Crippen molar-refractivity contribution in [3.05, 3.63) is 58.6 Å². The standard InChI is InChI=1S/C17H17ClN2O3/c1-12-9-15(7-8-16(12)18)23-11-17(21)20-19-10-13-3-5-14(22-2)6-4-13/h3-10H,11H2,1-2H3,(H,20,21). The van der Waals surface area contributed by atoms with Crippen LogP contribution in [-0.2, 0) is 4.79 Å². The first kappa shape index (κ1) is 16.8. The number of nitrogens with one attached hydrogen (secondary N) is 1. The van der Waals surface area contributed by atoms with Crippen LogP contribution >= 0.6 is 11.6 Å². The minimum atomic E-state index is -0.345. The van der Waals surface area contributed by atoms with Crippen molar-refractivity contribution in [2.45, 2.75) is 6.92 Å². The number of hydrogen-bond donors (Lipinski definition) is 1. The van der Waals surface area contributed by atoms with Crippen LogP contribution in [0, 0.1) is 6.92 Å². The Bertz CT molecular complexity index is 699. The maximum Gasteiger partial charge on any atom is 0.277 e. The molecule has 0 aliphatic heterocycles. The van der Waals surface area contributed by atoms with Gasteiger partial charge in [-0.15, -0.1) is 0 Å². The Hall–Kier alpha value is -2.53. The Morgan fingerprint density at radius 1 is 1.22 bits per heavy atom. The van der Waals surface area contributed by atoms with Gasteiger partial charge in [0.2, 0.25) is 0 Å². The second-order valence-corrected chi connectivity index (χ2v) is 5.17. The summed E-state index contributed by atoms with van der Waals surface area (Å²) in [7, 11) is 1.60. The van der Waals surface area contributed by atoms with Crippen LogP contribution < -0.4 is 14.9 Å². The second-order valence-electron chi connectivity index (χ2n) is 4.77. The number of amides is 1. The molecule has 2 aromatic rings. The molecule has 23 heavy (non-hydrogen) atoms. The highest BCUT2D eigenvalue weighted by molar-refractivity contribution is 6.31. The van der Waals surface area contributed by atoms with E-state index in [1.807, 2.05) is 31.2 Å². The summed E-state index contributed by atoms with van der Waals surface area (Å²) < 4.78 is 10.4. The molecule has 0 spiro atoms. The summed E-state index contributed by atoms with van der Waals surface area (Å²) in [6, 6.07) is 12.5. The molecule has 6 heteroatoms. The van der Waals surface area contributed by atoms with Crippen molar-refractivity contribution in [3.63, 3.8) is 0 Å². The van der Waals surface area contributed by atoms with E-state index in [0.29, 0.717) is 10.8 Å². The van der Waals surface area contributed by atoms with Gasteiger partial charge >= 0.3 is 0 Å². The molecule has 0 aromatic heterocycles. The van der Waals surface area contributed by atoms with Crippen molar-refractivity contribution in [2.75, 3.05) is 13.7 Å². The fourth-order valence-electron chi connectivity index (χ4n) is 1.76. The highest BCUT2D eigenvalue weighted by Gasteiger charge is 2.03. The number of nitrogens with zero attached hydrogens (tertiary/aromatic N) is 1. The summed E-state index contributed by atoms with van der Waals surface area (Å²) in [6.07, 6.45) is 1.55. The van der Waals surface area contributed by atoms with Gasteiger partial charge in [-0.3, -0.25) is 4.79 Å². The first-order valence-corrected chi connectivity index (χ1v) is 7.31. The van der Waals surface area contributed by atoms with E-state index in [9.17, 15) is 4.79 Å². The van der Waals surface area contributed by atoms with Gasteiger partial charge in [-0.1, -0.05) is 11.6 Å². The molecule has 0 heterocycles. The van der Waals surface area contributed by atoms with Crippen LogP contribution in [0.25, 0.3) is 0 Å². The average molecular weight is 333 g/mol. The first-order chi connectivity index (χ1) is 11.1. The molecule has 120 valence electrons. The van der Waals surface area contributed by atoms with E-state index in [2.05, 4.69) is 10.5 Å². The van der Waals surface area contributed by atoms with Crippen molar-refractivity contribution < 1.29 is 14.3 Å². The van der Waals surface area contributed by atoms with Crippen LogP contribution in [0.3, 0.4) is 0 Å². The number of benzene rings is 2. The third-order valence-electron chi connectivity index (χ3n) is 3.02. The number of methoxy groups -OCH3 is 1. The van der Waals surface area contributed by atoms with Crippen LogP contribution in [0.15, 0.2) is 47.6 Å². The highest BCUT2D eigenvalue weighted by atomic mass is 35.5. The number of hydrazone groups is 1. The Labute approximate surface area is 139 Å². The topological polar surface area (TPSA) is 59.9 Å². The zero-order valence-corrected chi connectivity index (χ0v) is 13.6. The Morgan fingerprint density at radius 2 is 1.91 bits per heavy atom. The lowest BCUT2D eigenvalue weighted by Gasteiger charge is -2.06. The lowest BCUT2D eigenvalue weighted by molar-refractivity contribution is -0.123. The molecule has 2 aromatic carbocycles. The van der Waals surface area contributed by atoms with E-state index >= 15 is 0 Å². The van der Waals surface area contributed by atoms with Crippen LogP contribution in [0.1, 0.15) is 11.1 Å². The van der Waals surface area contributed by atoms with Crippen molar-refractivity contribution in [1.82, 2.24) is 5.43 Å². The number of ether oxygens (including phenoxy) is 2. The number of rotatable bonds is 6. The maximum absolute atomic E-state index is 11.7. The van der Waals surface area contributed by atoms with Gasteiger partial charge in [0, 0.05) is 5.02 Å². The first-order valence-electron chi connectivity index (χ1n) is 6.93. The Kier molecular flexibility index (Phi) is 6.00. The van der Waals surface area contributed by atoms with Gasteiger partial charge in [-0.2, -0.15) is 5.10 Å². The minimum Gasteiger partial charge on any atom is -0.497 e. The minimum absolute atomic E-state index is 0.124. The number of halogens is 1. The van der Waals surface area contributed by atoms with Crippen LogP contribution in [0.5, 0.6) is 11.5 Å². The molecule has 0 unspecified atom stereocenters.